The molecule has 2 atom stereocenters. The van der Waals surface area contributed by atoms with E-state index in [0.29, 0.717) is 5.92 Å². The maximum atomic E-state index is 5.74. The van der Waals surface area contributed by atoms with Gasteiger partial charge in [0.05, 0.1) is 25.9 Å². The Kier molecular flexibility index (Phi) is 6.53. The first-order valence-electron chi connectivity index (χ1n) is 9.25. The molecular weight excluding hydrogens is 316 g/mol. The predicted molar refractivity (Wildman–Crippen MR) is 100 cm³/mol. The highest BCUT2D eigenvalue weighted by Crippen LogP contribution is 2.31. The number of ether oxygens (including phenoxy) is 2. The molecule has 1 aromatic rings. The molecule has 1 fully saturated rings. The lowest BCUT2D eigenvalue weighted by Crippen LogP contribution is -2.45. The topological polar surface area (TPSA) is 58.1 Å². The van der Waals surface area contributed by atoms with E-state index in [9.17, 15) is 0 Å². The average Bonchev–Trinajstić information content (AvgIpc) is 2.66. The fraction of sp³-hybridized carbons (Fsp3) is 0.632. The standard InChI is InChI=1S/C19H30N4O2/c1-15(14-23-8-11-24-12-9-23)13-21-19(20-2)22-17-7-10-25-18-6-4-3-5-16(17)18/h3-6,15,17H,7-14H2,1-2H3,(H2,20,21,22). The summed E-state index contributed by atoms with van der Waals surface area (Å²) in [5.74, 6) is 2.39. The van der Waals surface area contributed by atoms with Gasteiger partial charge in [-0.15, -0.1) is 0 Å². The van der Waals surface area contributed by atoms with Gasteiger partial charge in [-0.1, -0.05) is 25.1 Å². The third-order valence-electron chi connectivity index (χ3n) is 4.78. The zero-order valence-corrected chi connectivity index (χ0v) is 15.3. The van der Waals surface area contributed by atoms with Crippen LogP contribution in [0.4, 0.5) is 0 Å². The summed E-state index contributed by atoms with van der Waals surface area (Å²) in [5.41, 5.74) is 1.21. The van der Waals surface area contributed by atoms with Gasteiger partial charge in [0.25, 0.3) is 0 Å². The van der Waals surface area contributed by atoms with E-state index in [-0.39, 0.29) is 6.04 Å². The third-order valence-corrected chi connectivity index (χ3v) is 4.78. The number of nitrogens with zero attached hydrogens (tertiary/aromatic N) is 2. The number of fused-ring (bicyclic) bond motifs is 1. The van der Waals surface area contributed by atoms with Crippen molar-refractivity contribution in [1.82, 2.24) is 15.5 Å². The predicted octanol–water partition coefficient (Wildman–Crippen LogP) is 1.64. The molecule has 138 valence electrons. The number of hydrogen-bond donors (Lipinski definition) is 2. The van der Waals surface area contributed by atoms with Crippen LogP contribution in [0.1, 0.15) is 24.9 Å². The number of aliphatic imine (C=N–C) groups is 1. The Balaban J connectivity index is 1.48. The molecule has 0 spiro atoms. The number of morpholine rings is 1. The molecule has 0 bridgehead atoms. The first-order valence-corrected chi connectivity index (χ1v) is 9.25. The minimum atomic E-state index is 0.241. The first-order chi connectivity index (χ1) is 12.3. The summed E-state index contributed by atoms with van der Waals surface area (Å²) < 4.78 is 11.1. The highest BCUT2D eigenvalue weighted by atomic mass is 16.5. The van der Waals surface area contributed by atoms with Crippen LogP contribution in [0.25, 0.3) is 0 Å². The number of hydrogen-bond acceptors (Lipinski definition) is 4. The van der Waals surface area contributed by atoms with E-state index >= 15 is 0 Å². The lowest BCUT2D eigenvalue weighted by molar-refractivity contribution is 0.0320. The summed E-state index contributed by atoms with van der Waals surface area (Å²) in [7, 11) is 1.83. The second-order valence-corrected chi connectivity index (χ2v) is 6.84. The summed E-state index contributed by atoms with van der Waals surface area (Å²) >= 11 is 0. The Morgan fingerprint density at radius 3 is 2.88 bits per heavy atom. The maximum Gasteiger partial charge on any atom is 0.191 e. The molecule has 0 radical (unpaired) electrons. The quantitative estimate of drug-likeness (QED) is 0.627. The number of para-hydroxylation sites is 1. The van der Waals surface area contributed by atoms with Crippen LogP contribution in [0, 0.1) is 5.92 Å². The zero-order chi connectivity index (χ0) is 17.5. The fourth-order valence-corrected chi connectivity index (χ4v) is 3.41. The molecule has 2 aliphatic rings. The molecular formula is C19H30N4O2. The molecule has 1 saturated heterocycles. The van der Waals surface area contributed by atoms with Crippen molar-refractivity contribution in [2.75, 3.05) is 53.0 Å². The molecule has 0 aliphatic carbocycles. The normalized spacial score (nSPS) is 22.6. The molecule has 2 aliphatic heterocycles. The van der Waals surface area contributed by atoms with E-state index < -0.39 is 0 Å². The second-order valence-electron chi connectivity index (χ2n) is 6.84. The largest absolute Gasteiger partial charge is 0.493 e. The van der Waals surface area contributed by atoms with Crippen LogP contribution < -0.4 is 15.4 Å². The number of rotatable bonds is 5. The molecule has 0 aromatic heterocycles. The number of guanidine groups is 1. The van der Waals surface area contributed by atoms with Gasteiger partial charge < -0.3 is 20.1 Å². The van der Waals surface area contributed by atoms with Gasteiger partial charge in [0.2, 0.25) is 0 Å². The van der Waals surface area contributed by atoms with E-state index in [1.165, 1.54) is 5.56 Å². The van der Waals surface area contributed by atoms with Crippen LogP contribution in [0.3, 0.4) is 0 Å². The van der Waals surface area contributed by atoms with Crippen molar-refractivity contribution < 1.29 is 9.47 Å². The molecule has 25 heavy (non-hydrogen) atoms. The minimum Gasteiger partial charge on any atom is -0.493 e. The average molecular weight is 346 g/mol. The highest BCUT2D eigenvalue weighted by Gasteiger charge is 2.22. The van der Waals surface area contributed by atoms with Crippen molar-refractivity contribution in [1.29, 1.82) is 0 Å². The lowest BCUT2D eigenvalue weighted by atomic mass is 10.0. The molecule has 0 saturated carbocycles. The van der Waals surface area contributed by atoms with Crippen molar-refractivity contribution in [2.45, 2.75) is 19.4 Å². The summed E-state index contributed by atoms with van der Waals surface area (Å²) in [5, 5.41) is 7.02. The van der Waals surface area contributed by atoms with Crippen LogP contribution in [0.2, 0.25) is 0 Å². The fourth-order valence-electron chi connectivity index (χ4n) is 3.41. The third kappa shape index (κ3) is 5.09. The van der Waals surface area contributed by atoms with Gasteiger partial charge in [0.15, 0.2) is 5.96 Å². The van der Waals surface area contributed by atoms with Crippen LogP contribution >= 0.6 is 0 Å². The Morgan fingerprint density at radius 2 is 2.08 bits per heavy atom. The van der Waals surface area contributed by atoms with Gasteiger partial charge >= 0.3 is 0 Å². The lowest BCUT2D eigenvalue weighted by Gasteiger charge is -2.30. The smallest absolute Gasteiger partial charge is 0.191 e. The molecule has 1 aromatic carbocycles. The Hall–Kier alpha value is -1.79. The zero-order valence-electron chi connectivity index (χ0n) is 15.3. The Bertz CT molecular complexity index is 572. The summed E-state index contributed by atoms with van der Waals surface area (Å²) in [4.78, 5) is 6.87. The van der Waals surface area contributed by atoms with Crippen molar-refractivity contribution >= 4 is 5.96 Å². The molecule has 3 rings (SSSR count). The van der Waals surface area contributed by atoms with Crippen molar-refractivity contribution in [3.8, 4) is 5.75 Å². The van der Waals surface area contributed by atoms with E-state index in [1.807, 2.05) is 19.2 Å². The molecule has 6 heteroatoms. The second kappa shape index (κ2) is 9.06. The maximum absolute atomic E-state index is 5.74. The van der Waals surface area contributed by atoms with Gasteiger partial charge in [-0.3, -0.25) is 9.89 Å². The van der Waals surface area contributed by atoms with E-state index in [1.54, 1.807) is 0 Å². The van der Waals surface area contributed by atoms with E-state index in [4.69, 9.17) is 9.47 Å². The molecule has 2 unspecified atom stereocenters. The first kappa shape index (κ1) is 18.0. The Labute approximate surface area is 150 Å². The number of benzene rings is 1. The number of nitrogens with one attached hydrogen (secondary N) is 2. The van der Waals surface area contributed by atoms with E-state index in [2.05, 4.69) is 39.6 Å². The Morgan fingerprint density at radius 1 is 1.28 bits per heavy atom. The van der Waals surface area contributed by atoms with Gasteiger partial charge in [-0.2, -0.15) is 0 Å². The minimum absolute atomic E-state index is 0.241. The highest BCUT2D eigenvalue weighted by molar-refractivity contribution is 5.80. The molecule has 2 N–H and O–H groups in total. The van der Waals surface area contributed by atoms with Crippen LogP contribution in [-0.4, -0.2) is 63.9 Å². The van der Waals surface area contributed by atoms with Crippen molar-refractivity contribution in [2.24, 2.45) is 10.9 Å². The molecule has 2 heterocycles. The molecule has 0 amide bonds. The summed E-state index contributed by atoms with van der Waals surface area (Å²) in [6.07, 6.45) is 0.945. The summed E-state index contributed by atoms with van der Waals surface area (Å²) in [6.45, 7) is 8.79. The van der Waals surface area contributed by atoms with Crippen LogP contribution in [0.15, 0.2) is 29.3 Å². The van der Waals surface area contributed by atoms with Gasteiger partial charge in [0, 0.05) is 45.2 Å². The van der Waals surface area contributed by atoms with Crippen LogP contribution in [0.5, 0.6) is 5.75 Å². The molecule has 6 nitrogen and oxygen atoms in total. The monoisotopic (exact) mass is 346 g/mol. The summed E-state index contributed by atoms with van der Waals surface area (Å²) in [6, 6.07) is 8.47. The van der Waals surface area contributed by atoms with Gasteiger partial charge in [0.1, 0.15) is 5.75 Å². The van der Waals surface area contributed by atoms with Crippen molar-refractivity contribution in [3.63, 3.8) is 0 Å². The van der Waals surface area contributed by atoms with Crippen molar-refractivity contribution in [3.05, 3.63) is 29.8 Å². The van der Waals surface area contributed by atoms with Crippen LogP contribution in [-0.2, 0) is 4.74 Å². The van der Waals surface area contributed by atoms with E-state index in [0.717, 1.165) is 64.1 Å². The van der Waals surface area contributed by atoms with Gasteiger partial charge in [-0.05, 0) is 12.0 Å². The SMILES string of the molecule is CN=C(NCC(C)CN1CCOCC1)NC1CCOc2ccccc21. The van der Waals surface area contributed by atoms with Gasteiger partial charge in [-0.25, -0.2) is 0 Å².